The number of aliphatic hydroxyl groups is 1. The Morgan fingerprint density at radius 3 is 2.66 bits per heavy atom. The molecule has 0 aliphatic heterocycles. The van der Waals surface area contributed by atoms with Gasteiger partial charge in [0.25, 0.3) is 0 Å². The molecule has 5 rings (SSSR count). The number of nitrogens with zero attached hydrogens (tertiary/aromatic N) is 1. The van der Waals surface area contributed by atoms with Gasteiger partial charge in [0.15, 0.2) is 11.2 Å². The van der Waals surface area contributed by atoms with Crippen LogP contribution in [0.25, 0.3) is 16.8 Å². The van der Waals surface area contributed by atoms with Crippen molar-refractivity contribution in [2.75, 3.05) is 0 Å². The average Bonchev–Trinajstić information content (AvgIpc) is 3.27. The van der Waals surface area contributed by atoms with Crippen LogP contribution in [0.15, 0.2) is 72.9 Å². The van der Waals surface area contributed by atoms with Crippen molar-refractivity contribution in [1.29, 1.82) is 0 Å². The van der Waals surface area contributed by atoms with Crippen LogP contribution in [-0.2, 0) is 6.42 Å². The molecule has 1 amide bonds. The molecule has 0 fully saturated rings. The quantitative estimate of drug-likeness (QED) is 0.473. The molecular weight excluding hydrogens is 369 g/mol. The molecular formula is C23H19FN3O2+. The van der Waals surface area contributed by atoms with Gasteiger partial charge < -0.3 is 10.4 Å². The lowest BCUT2D eigenvalue weighted by Gasteiger charge is -2.16. The van der Waals surface area contributed by atoms with Crippen molar-refractivity contribution in [2.24, 2.45) is 0 Å². The molecule has 2 heterocycles. The summed E-state index contributed by atoms with van der Waals surface area (Å²) >= 11 is 0. The van der Waals surface area contributed by atoms with E-state index in [2.05, 4.69) is 10.3 Å². The van der Waals surface area contributed by atoms with Crippen molar-refractivity contribution in [3.63, 3.8) is 0 Å². The number of pyridine rings is 1. The van der Waals surface area contributed by atoms with Crippen molar-refractivity contribution < 1.29 is 18.7 Å². The number of nitrogens with one attached hydrogen (secondary N) is 2. The first-order chi connectivity index (χ1) is 14.1. The van der Waals surface area contributed by atoms with Crippen LogP contribution in [0.2, 0.25) is 0 Å². The van der Waals surface area contributed by atoms with Crippen LogP contribution in [-0.4, -0.2) is 22.1 Å². The number of benzene rings is 2. The molecule has 0 bridgehead atoms. The van der Waals surface area contributed by atoms with Gasteiger partial charge in [-0.2, -0.15) is 4.40 Å². The van der Waals surface area contributed by atoms with Crippen molar-refractivity contribution in [1.82, 2.24) is 10.3 Å². The molecule has 29 heavy (non-hydrogen) atoms. The molecule has 144 valence electrons. The molecule has 0 spiro atoms. The number of halogens is 1. The van der Waals surface area contributed by atoms with E-state index >= 15 is 0 Å². The molecule has 1 aliphatic carbocycles. The van der Waals surface area contributed by atoms with E-state index in [-0.39, 0.29) is 11.7 Å². The molecule has 2 aromatic heterocycles. The zero-order valence-electron chi connectivity index (χ0n) is 15.5. The maximum atomic E-state index is 13.3. The highest BCUT2D eigenvalue weighted by Crippen LogP contribution is 2.31. The van der Waals surface area contributed by atoms with Gasteiger partial charge in [-0.3, -0.25) is 4.79 Å². The number of aromatic nitrogens is 2. The summed E-state index contributed by atoms with van der Waals surface area (Å²) in [6.07, 6.45) is 1.65. The number of aromatic amines is 1. The first kappa shape index (κ1) is 17.6. The van der Waals surface area contributed by atoms with Gasteiger partial charge in [-0.1, -0.05) is 30.3 Å². The summed E-state index contributed by atoms with van der Waals surface area (Å²) in [6, 6.07) is 19.0. The number of H-pyrrole nitrogens is 1. The number of carbonyl (C=O) groups is 1. The summed E-state index contributed by atoms with van der Waals surface area (Å²) < 4.78 is 15.1. The lowest BCUT2D eigenvalue weighted by Crippen LogP contribution is -2.39. The molecule has 6 heteroatoms. The Labute approximate surface area is 166 Å². The molecule has 0 saturated heterocycles. The zero-order chi connectivity index (χ0) is 20.0. The minimum absolute atomic E-state index is 0.316. The standard InChI is InChI=1S/C23H18FN3O2/c24-16-10-8-14(9-11-16)20-18-7-3-4-12-27(18)22(25-20)23(29)26-21-17-6-2-1-5-15(17)13-19(21)28/h1-12,19,21,28H,13H2,(H,26,29)/p+1/t19-,21+/m0/s1. The number of carbonyl (C=O) groups excluding carboxylic acids is 1. The van der Waals surface area contributed by atoms with E-state index in [0.717, 1.165) is 27.9 Å². The van der Waals surface area contributed by atoms with Gasteiger partial charge in [-0.25, -0.2) is 9.37 Å². The van der Waals surface area contributed by atoms with Crippen LogP contribution < -0.4 is 9.72 Å². The SMILES string of the molecule is O=C(N[C@@H]1c2ccccc2C[C@@H]1O)c1[nH]c(-c2ccc(F)cc2)c2cccc[n+]12. The predicted octanol–water partition coefficient (Wildman–Crippen LogP) is 2.95. The third kappa shape index (κ3) is 2.98. The molecule has 0 unspecified atom stereocenters. The van der Waals surface area contributed by atoms with Crippen LogP contribution in [0.4, 0.5) is 4.39 Å². The van der Waals surface area contributed by atoms with Crippen molar-refractivity contribution in [2.45, 2.75) is 18.6 Å². The highest BCUT2D eigenvalue weighted by molar-refractivity contribution is 5.91. The van der Waals surface area contributed by atoms with Crippen LogP contribution >= 0.6 is 0 Å². The minimum atomic E-state index is -0.667. The maximum absolute atomic E-state index is 13.3. The summed E-state index contributed by atoms with van der Waals surface area (Å²) in [4.78, 5) is 16.3. The van der Waals surface area contributed by atoms with Gasteiger partial charge in [-0.15, -0.1) is 0 Å². The van der Waals surface area contributed by atoms with Gasteiger partial charge in [0.1, 0.15) is 5.82 Å². The fourth-order valence-corrected chi connectivity index (χ4v) is 4.04. The molecule has 3 N–H and O–H groups in total. The molecule has 0 radical (unpaired) electrons. The third-order valence-electron chi connectivity index (χ3n) is 5.44. The second-order valence-electron chi connectivity index (χ2n) is 7.23. The number of imidazole rings is 1. The van der Waals surface area contributed by atoms with Gasteiger partial charge >= 0.3 is 11.7 Å². The van der Waals surface area contributed by atoms with Gasteiger partial charge in [0, 0.05) is 12.0 Å². The lowest BCUT2D eigenvalue weighted by atomic mass is 10.1. The van der Waals surface area contributed by atoms with E-state index in [4.69, 9.17) is 0 Å². The number of rotatable bonds is 3. The predicted molar refractivity (Wildman–Crippen MR) is 106 cm³/mol. The molecule has 2 aromatic carbocycles. The molecule has 5 nitrogen and oxygen atoms in total. The lowest BCUT2D eigenvalue weighted by molar-refractivity contribution is -0.514. The number of aliphatic hydroxyl groups excluding tert-OH is 1. The first-order valence-electron chi connectivity index (χ1n) is 9.47. The van der Waals surface area contributed by atoms with Crippen LogP contribution in [0.1, 0.15) is 27.8 Å². The Kier molecular flexibility index (Phi) is 4.14. The Balaban J connectivity index is 1.54. The van der Waals surface area contributed by atoms with E-state index in [1.807, 2.05) is 42.5 Å². The van der Waals surface area contributed by atoms with Crippen LogP contribution in [0.3, 0.4) is 0 Å². The van der Waals surface area contributed by atoms with Gasteiger partial charge in [0.05, 0.1) is 18.3 Å². The highest BCUT2D eigenvalue weighted by Gasteiger charge is 2.35. The summed E-state index contributed by atoms with van der Waals surface area (Å²) in [7, 11) is 0. The van der Waals surface area contributed by atoms with E-state index < -0.39 is 12.1 Å². The summed E-state index contributed by atoms with van der Waals surface area (Å²) in [6.45, 7) is 0. The summed E-state index contributed by atoms with van der Waals surface area (Å²) in [5.74, 6) is -0.291. The topological polar surface area (TPSA) is 69.2 Å². The first-order valence-corrected chi connectivity index (χ1v) is 9.47. The molecule has 4 aromatic rings. The van der Waals surface area contributed by atoms with E-state index in [1.165, 1.54) is 12.1 Å². The fourth-order valence-electron chi connectivity index (χ4n) is 4.04. The van der Waals surface area contributed by atoms with Crippen molar-refractivity contribution in [3.05, 3.63) is 95.7 Å². The summed E-state index contributed by atoms with van der Waals surface area (Å²) in [5.41, 5.74) is 4.29. The highest BCUT2D eigenvalue weighted by atomic mass is 19.1. The number of hydrogen-bond donors (Lipinski definition) is 3. The Morgan fingerprint density at radius 1 is 1.07 bits per heavy atom. The number of fused-ring (bicyclic) bond motifs is 2. The normalized spacial score (nSPS) is 18.0. The number of hydrogen-bond acceptors (Lipinski definition) is 2. The molecule has 1 aliphatic rings. The monoisotopic (exact) mass is 388 g/mol. The van der Waals surface area contributed by atoms with Crippen LogP contribution in [0, 0.1) is 5.82 Å². The average molecular weight is 388 g/mol. The van der Waals surface area contributed by atoms with E-state index in [9.17, 15) is 14.3 Å². The Bertz CT molecular complexity index is 1220. The minimum Gasteiger partial charge on any atom is -0.390 e. The second-order valence-corrected chi connectivity index (χ2v) is 7.23. The Hall–Kier alpha value is -3.51. The van der Waals surface area contributed by atoms with Crippen molar-refractivity contribution >= 4 is 11.4 Å². The van der Waals surface area contributed by atoms with E-state index in [1.54, 1.807) is 22.7 Å². The maximum Gasteiger partial charge on any atom is 0.351 e. The van der Waals surface area contributed by atoms with Gasteiger partial charge in [0.2, 0.25) is 0 Å². The zero-order valence-corrected chi connectivity index (χ0v) is 15.5. The van der Waals surface area contributed by atoms with Gasteiger partial charge in [-0.05, 0) is 47.5 Å². The summed E-state index contributed by atoms with van der Waals surface area (Å²) in [5, 5.41) is 13.4. The second kappa shape index (κ2) is 6.83. The fraction of sp³-hybridized carbons (Fsp3) is 0.130. The third-order valence-corrected chi connectivity index (χ3v) is 5.44. The van der Waals surface area contributed by atoms with Crippen LogP contribution in [0.5, 0.6) is 0 Å². The molecule has 0 saturated carbocycles. The number of amides is 1. The van der Waals surface area contributed by atoms with E-state index in [0.29, 0.717) is 12.2 Å². The Morgan fingerprint density at radius 2 is 1.83 bits per heavy atom. The smallest absolute Gasteiger partial charge is 0.351 e. The molecule has 2 atom stereocenters. The van der Waals surface area contributed by atoms with Crippen molar-refractivity contribution in [3.8, 4) is 11.3 Å². The largest absolute Gasteiger partial charge is 0.390 e.